The first kappa shape index (κ1) is 17.4. The van der Waals surface area contributed by atoms with Crippen LogP contribution >= 0.6 is 0 Å². The van der Waals surface area contributed by atoms with Crippen LogP contribution in [0.25, 0.3) is 0 Å². The molecule has 3 heteroatoms. The SMILES string of the molecule is CC(=O)[C@H]1[C@H](C)C[C@H]2[C@@H]3C[C@H](F)C4=CC(=O)CC[C@]4(C)[C@H]3CC[C@@]21C. The molecule has 0 radical (unpaired) electrons. The molecule has 3 saturated carbocycles. The van der Waals surface area contributed by atoms with Gasteiger partial charge in [-0.2, -0.15) is 0 Å². The molecule has 4 aliphatic carbocycles. The van der Waals surface area contributed by atoms with Gasteiger partial charge in [-0.15, -0.1) is 0 Å². The second-order valence-corrected chi connectivity index (χ2v) is 9.91. The molecule has 25 heavy (non-hydrogen) atoms. The number of alkyl halides is 1. The number of rotatable bonds is 1. The topological polar surface area (TPSA) is 34.1 Å². The van der Waals surface area contributed by atoms with Crippen LogP contribution in [-0.4, -0.2) is 17.7 Å². The lowest BCUT2D eigenvalue weighted by Crippen LogP contribution is -2.53. The monoisotopic (exact) mass is 346 g/mol. The van der Waals surface area contributed by atoms with Gasteiger partial charge in [0.1, 0.15) is 12.0 Å². The number of carbonyl (C=O) groups is 2. The van der Waals surface area contributed by atoms with Crippen molar-refractivity contribution in [3.8, 4) is 0 Å². The van der Waals surface area contributed by atoms with Gasteiger partial charge in [0, 0.05) is 12.3 Å². The smallest absolute Gasteiger partial charge is 0.155 e. The molecule has 0 unspecified atom stereocenters. The van der Waals surface area contributed by atoms with Gasteiger partial charge in [-0.1, -0.05) is 20.8 Å². The van der Waals surface area contributed by atoms with Gasteiger partial charge in [0.15, 0.2) is 5.78 Å². The Morgan fingerprint density at radius 1 is 1.20 bits per heavy atom. The third-order valence-electron chi connectivity index (χ3n) is 8.72. The zero-order chi connectivity index (χ0) is 18.1. The van der Waals surface area contributed by atoms with E-state index in [-0.39, 0.29) is 22.5 Å². The van der Waals surface area contributed by atoms with Crippen molar-refractivity contribution in [1.82, 2.24) is 0 Å². The third kappa shape index (κ3) is 2.26. The van der Waals surface area contributed by atoms with Crippen molar-refractivity contribution >= 4 is 11.6 Å². The van der Waals surface area contributed by atoms with Crippen molar-refractivity contribution in [2.45, 2.75) is 72.4 Å². The van der Waals surface area contributed by atoms with Gasteiger partial charge >= 0.3 is 0 Å². The molecule has 0 aliphatic heterocycles. The van der Waals surface area contributed by atoms with Crippen LogP contribution in [0.15, 0.2) is 11.6 Å². The molecule has 0 aromatic rings. The van der Waals surface area contributed by atoms with Crippen molar-refractivity contribution in [2.24, 2.45) is 40.4 Å². The summed E-state index contributed by atoms with van der Waals surface area (Å²) in [5, 5.41) is 0. The number of fused-ring (bicyclic) bond motifs is 5. The number of Topliss-reactive ketones (excluding diaryl/α,β-unsaturated/α-hetero) is 1. The summed E-state index contributed by atoms with van der Waals surface area (Å²) >= 11 is 0. The van der Waals surface area contributed by atoms with E-state index in [0.717, 1.165) is 31.3 Å². The molecule has 3 fully saturated rings. The molecular formula is C22H31FO2. The van der Waals surface area contributed by atoms with Gasteiger partial charge in [-0.3, -0.25) is 9.59 Å². The molecule has 8 atom stereocenters. The molecule has 0 aromatic carbocycles. The minimum atomic E-state index is -0.982. The predicted octanol–water partition coefficient (Wildman–Crippen LogP) is 4.92. The molecule has 4 aliphatic rings. The Kier molecular flexibility index (Phi) is 3.84. The minimum absolute atomic E-state index is 0.0359. The number of allylic oxidation sites excluding steroid dienone is 1. The summed E-state index contributed by atoms with van der Waals surface area (Å²) < 4.78 is 15.2. The Balaban J connectivity index is 1.73. The molecule has 0 heterocycles. The van der Waals surface area contributed by atoms with E-state index in [1.165, 1.54) is 0 Å². The predicted molar refractivity (Wildman–Crippen MR) is 95.7 cm³/mol. The van der Waals surface area contributed by atoms with Gasteiger partial charge in [0.2, 0.25) is 0 Å². The first-order valence-corrected chi connectivity index (χ1v) is 10.1. The highest BCUT2D eigenvalue weighted by Gasteiger charge is 2.62. The number of hydrogen-bond donors (Lipinski definition) is 0. The average Bonchev–Trinajstić information content (AvgIpc) is 2.80. The van der Waals surface area contributed by atoms with E-state index >= 15 is 4.39 Å². The second kappa shape index (κ2) is 5.50. The van der Waals surface area contributed by atoms with E-state index in [1.54, 1.807) is 13.0 Å². The maximum atomic E-state index is 15.2. The summed E-state index contributed by atoms with van der Waals surface area (Å²) in [5.74, 6) is 2.23. The van der Waals surface area contributed by atoms with Gasteiger partial charge in [-0.05, 0) is 85.2 Å². The number of hydrogen-bond acceptors (Lipinski definition) is 2. The minimum Gasteiger partial charge on any atom is -0.300 e. The van der Waals surface area contributed by atoms with Crippen LogP contribution < -0.4 is 0 Å². The van der Waals surface area contributed by atoms with Crippen LogP contribution in [0, 0.1) is 40.4 Å². The van der Waals surface area contributed by atoms with Gasteiger partial charge in [-0.25, -0.2) is 4.39 Å². The molecular weight excluding hydrogens is 315 g/mol. The largest absolute Gasteiger partial charge is 0.300 e. The van der Waals surface area contributed by atoms with E-state index in [0.29, 0.717) is 42.3 Å². The van der Waals surface area contributed by atoms with E-state index < -0.39 is 6.17 Å². The number of halogens is 1. The summed E-state index contributed by atoms with van der Waals surface area (Å²) in [6.45, 7) is 8.47. The molecule has 0 spiro atoms. The van der Waals surface area contributed by atoms with Crippen LogP contribution in [0.4, 0.5) is 4.39 Å². The Morgan fingerprint density at radius 2 is 1.92 bits per heavy atom. The van der Waals surface area contributed by atoms with Crippen LogP contribution in [0.1, 0.15) is 66.2 Å². The Bertz CT molecular complexity index is 652. The first-order valence-electron chi connectivity index (χ1n) is 10.1. The van der Waals surface area contributed by atoms with Crippen molar-refractivity contribution in [3.63, 3.8) is 0 Å². The summed E-state index contributed by atoms with van der Waals surface area (Å²) in [6.07, 6.45) is 5.76. The van der Waals surface area contributed by atoms with E-state index in [9.17, 15) is 9.59 Å². The van der Waals surface area contributed by atoms with Gasteiger partial charge in [0.25, 0.3) is 0 Å². The van der Waals surface area contributed by atoms with Crippen molar-refractivity contribution in [2.75, 3.05) is 0 Å². The summed E-state index contributed by atoms with van der Waals surface area (Å²) in [6, 6.07) is 0. The molecule has 4 rings (SSSR count). The average molecular weight is 346 g/mol. The molecule has 0 aromatic heterocycles. The fourth-order valence-electron chi connectivity index (χ4n) is 7.79. The normalized spacial score (nSPS) is 52.0. The zero-order valence-corrected chi connectivity index (χ0v) is 16.0. The number of carbonyl (C=O) groups excluding carboxylic acids is 2. The Labute approximate surface area is 150 Å². The maximum Gasteiger partial charge on any atom is 0.155 e. The highest BCUT2D eigenvalue weighted by atomic mass is 19.1. The summed E-state index contributed by atoms with van der Waals surface area (Å²) in [4.78, 5) is 24.2. The fourth-order valence-corrected chi connectivity index (χ4v) is 7.79. The fraction of sp³-hybridized carbons (Fsp3) is 0.818. The third-order valence-corrected chi connectivity index (χ3v) is 8.72. The van der Waals surface area contributed by atoms with Crippen LogP contribution in [0.5, 0.6) is 0 Å². The Hall–Kier alpha value is -0.990. The quantitative estimate of drug-likeness (QED) is 0.675. The van der Waals surface area contributed by atoms with Crippen LogP contribution in [0.3, 0.4) is 0 Å². The van der Waals surface area contributed by atoms with E-state index in [4.69, 9.17) is 0 Å². The van der Waals surface area contributed by atoms with E-state index in [2.05, 4.69) is 20.8 Å². The standard InChI is InChI=1S/C22H31FO2/c1-12-9-17-15-11-19(23)18-10-14(25)5-7-21(18,3)16(15)6-8-22(17,4)20(12)13(2)24/h10,12,15-17,19-20H,5-9,11H2,1-4H3/t12-,15-,16+,17+,19+,20-,21-,22+/m1/s1. The molecule has 2 nitrogen and oxygen atoms in total. The lowest BCUT2D eigenvalue weighted by Gasteiger charge is -2.58. The highest BCUT2D eigenvalue weighted by Crippen LogP contribution is 2.67. The van der Waals surface area contributed by atoms with Crippen molar-refractivity contribution < 1.29 is 14.0 Å². The van der Waals surface area contributed by atoms with Gasteiger partial charge in [0.05, 0.1) is 0 Å². The van der Waals surface area contributed by atoms with Crippen LogP contribution in [-0.2, 0) is 9.59 Å². The summed E-state index contributed by atoms with van der Waals surface area (Å²) in [5.41, 5.74) is 0.659. The second-order valence-electron chi connectivity index (χ2n) is 9.91. The summed E-state index contributed by atoms with van der Waals surface area (Å²) in [7, 11) is 0. The highest BCUT2D eigenvalue weighted by molar-refractivity contribution is 5.91. The lowest BCUT2D eigenvalue weighted by atomic mass is 9.46. The molecule has 0 N–H and O–H groups in total. The van der Waals surface area contributed by atoms with Crippen molar-refractivity contribution in [1.29, 1.82) is 0 Å². The molecule has 0 bridgehead atoms. The van der Waals surface area contributed by atoms with E-state index in [1.807, 2.05) is 0 Å². The molecule has 138 valence electrons. The maximum absolute atomic E-state index is 15.2. The molecule has 0 saturated heterocycles. The van der Waals surface area contributed by atoms with Crippen LogP contribution in [0.2, 0.25) is 0 Å². The lowest BCUT2D eigenvalue weighted by molar-refractivity contribution is -0.130. The zero-order valence-electron chi connectivity index (χ0n) is 16.0. The van der Waals surface area contributed by atoms with Gasteiger partial charge < -0.3 is 0 Å². The molecule has 0 amide bonds. The Morgan fingerprint density at radius 3 is 2.60 bits per heavy atom. The number of ketones is 2. The van der Waals surface area contributed by atoms with Crippen molar-refractivity contribution in [3.05, 3.63) is 11.6 Å². The first-order chi connectivity index (χ1) is 11.7.